The van der Waals surface area contributed by atoms with Crippen molar-refractivity contribution in [2.45, 2.75) is 6.92 Å². The fourth-order valence-electron chi connectivity index (χ4n) is 2.25. The van der Waals surface area contributed by atoms with Crippen LogP contribution in [0.15, 0.2) is 36.4 Å². The predicted molar refractivity (Wildman–Crippen MR) is 76.8 cm³/mol. The number of hydrogen-bond donors (Lipinski definition) is 0. The molecule has 0 radical (unpaired) electrons. The fraction of sp³-hybridized carbons (Fsp3) is 0.0625. The van der Waals surface area contributed by atoms with Crippen LogP contribution in [0.5, 0.6) is 0 Å². The molecule has 0 spiro atoms. The first-order valence-electron chi connectivity index (χ1n) is 6.19. The highest BCUT2D eigenvalue weighted by molar-refractivity contribution is 6.36. The van der Waals surface area contributed by atoms with Gasteiger partial charge < -0.3 is 0 Å². The van der Waals surface area contributed by atoms with Gasteiger partial charge in [0.1, 0.15) is 0 Å². The van der Waals surface area contributed by atoms with Crippen LogP contribution in [0.3, 0.4) is 0 Å². The second kappa shape index (κ2) is 5.04. The molecular formula is C16H9ClF3N. The Morgan fingerprint density at radius 2 is 1.67 bits per heavy atom. The zero-order chi connectivity index (χ0) is 15.1. The molecular weight excluding hydrogens is 299 g/mol. The van der Waals surface area contributed by atoms with E-state index in [1.165, 1.54) is 0 Å². The molecule has 0 fully saturated rings. The van der Waals surface area contributed by atoms with Crippen molar-refractivity contribution in [1.29, 1.82) is 0 Å². The lowest BCUT2D eigenvalue weighted by Crippen LogP contribution is -1.98. The van der Waals surface area contributed by atoms with Gasteiger partial charge in [-0.05, 0) is 12.5 Å². The third kappa shape index (κ3) is 2.16. The maximum Gasteiger partial charge on any atom is 0.195 e. The first kappa shape index (κ1) is 13.9. The lowest BCUT2D eigenvalue weighted by atomic mass is 10.0. The second-order valence-corrected chi connectivity index (χ2v) is 5.02. The number of rotatable bonds is 1. The molecule has 0 aliphatic rings. The van der Waals surface area contributed by atoms with Crippen molar-refractivity contribution in [3.8, 4) is 11.3 Å². The van der Waals surface area contributed by atoms with Gasteiger partial charge in [0.15, 0.2) is 17.5 Å². The maximum atomic E-state index is 13.9. The first-order valence-corrected chi connectivity index (χ1v) is 6.57. The molecule has 0 aliphatic heterocycles. The van der Waals surface area contributed by atoms with E-state index < -0.39 is 17.5 Å². The Balaban J connectivity index is 2.41. The Labute approximate surface area is 124 Å². The van der Waals surface area contributed by atoms with E-state index in [0.29, 0.717) is 11.3 Å². The van der Waals surface area contributed by atoms with Crippen LogP contribution >= 0.6 is 11.6 Å². The van der Waals surface area contributed by atoms with Crippen LogP contribution in [0, 0.1) is 24.4 Å². The highest BCUT2D eigenvalue weighted by Gasteiger charge is 2.20. The van der Waals surface area contributed by atoms with Crippen LogP contribution in [0.2, 0.25) is 5.02 Å². The molecule has 3 aromatic rings. The zero-order valence-corrected chi connectivity index (χ0v) is 11.7. The molecule has 0 saturated carbocycles. The third-order valence-electron chi connectivity index (χ3n) is 3.32. The molecule has 5 heteroatoms. The van der Waals surface area contributed by atoms with Gasteiger partial charge in [-0.2, -0.15) is 0 Å². The van der Waals surface area contributed by atoms with Crippen LogP contribution < -0.4 is 0 Å². The van der Waals surface area contributed by atoms with Crippen LogP contribution in [-0.4, -0.2) is 4.98 Å². The fourth-order valence-corrected chi connectivity index (χ4v) is 2.52. The summed E-state index contributed by atoms with van der Waals surface area (Å²) in [4.78, 5) is 4.24. The second-order valence-electron chi connectivity index (χ2n) is 4.65. The van der Waals surface area contributed by atoms with Crippen molar-refractivity contribution in [3.05, 3.63) is 64.4 Å². The quantitative estimate of drug-likeness (QED) is 0.557. The summed E-state index contributed by atoms with van der Waals surface area (Å²) >= 11 is 6.14. The van der Waals surface area contributed by atoms with Gasteiger partial charge >= 0.3 is 0 Å². The summed E-state index contributed by atoms with van der Waals surface area (Å²) in [5.74, 6) is -4.14. The minimum absolute atomic E-state index is 0.0131. The van der Waals surface area contributed by atoms with Crippen molar-refractivity contribution in [3.63, 3.8) is 0 Å². The molecule has 0 N–H and O–H groups in total. The average molecular weight is 308 g/mol. The largest absolute Gasteiger partial charge is 0.247 e. The first-order chi connectivity index (χ1) is 10.0. The monoisotopic (exact) mass is 307 g/mol. The molecule has 0 amide bonds. The molecule has 0 bridgehead atoms. The lowest BCUT2D eigenvalue weighted by molar-refractivity contribution is 0.453. The number of halogens is 4. The van der Waals surface area contributed by atoms with Gasteiger partial charge in [0.05, 0.1) is 21.6 Å². The van der Waals surface area contributed by atoms with Gasteiger partial charge in [-0.3, -0.25) is 0 Å². The SMILES string of the molecule is Cc1c(-c2ccccc2)nc2cc(F)c(F)c(F)c2c1Cl. The van der Waals surface area contributed by atoms with Gasteiger partial charge in [0.25, 0.3) is 0 Å². The minimum Gasteiger partial charge on any atom is -0.247 e. The van der Waals surface area contributed by atoms with Crippen LogP contribution in [-0.2, 0) is 0 Å². The van der Waals surface area contributed by atoms with E-state index in [4.69, 9.17) is 11.6 Å². The van der Waals surface area contributed by atoms with Gasteiger partial charge in [0.2, 0.25) is 0 Å². The molecule has 3 rings (SSSR count). The Hall–Kier alpha value is -2.07. The molecule has 0 unspecified atom stereocenters. The molecule has 0 aliphatic carbocycles. The highest BCUT2D eigenvalue weighted by Crippen LogP contribution is 2.35. The van der Waals surface area contributed by atoms with Gasteiger partial charge in [-0.25, -0.2) is 18.2 Å². The smallest absolute Gasteiger partial charge is 0.195 e. The molecule has 1 nitrogen and oxygen atoms in total. The summed E-state index contributed by atoms with van der Waals surface area (Å²) in [5.41, 5.74) is 1.78. The Morgan fingerprint density at radius 1 is 1.00 bits per heavy atom. The summed E-state index contributed by atoms with van der Waals surface area (Å²) < 4.78 is 40.6. The molecule has 1 heterocycles. The van der Waals surface area contributed by atoms with Gasteiger partial charge in [0, 0.05) is 11.6 Å². The summed E-state index contributed by atoms with van der Waals surface area (Å²) in [5, 5.41) is -0.164. The molecule has 2 aromatic carbocycles. The number of nitrogens with zero attached hydrogens (tertiary/aromatic N) is 1. The lowest BCUT2D eigenvalue weighted by Gasteiger charge is -2.11. The van der Waals surface area contributed by atoms with Gasteiger partial charge in [-0.15, -0.1) is 0 Å². The van der Waals surface area contributed by atoms with E-state index >= 15 is 0 Å². The number of fused-ring (bicyclic) bond motifs is 1. The van der Waals surface area contributed by atoms with Crippen molar-refractivity contribution >= 4 is 22.5 Å². The summed E-state index contributed by atoms with van der Waals surface area (Å²) in [6.45, 7) is 1.66. The van der Waals surface area contributed by atoms with Crippen molar-refractivity contribution < 1.29 is 13.2 Å². The topological polar surface area (TPSA) is 12.9 Å². The molecule has 0 atom stereocenters. The van der Waals surface area contributed by atoms with Crippen LogP contribution in [0.25, 0.3) is 22.2 Å². The maximum absolute atomic E-state index is 13.9. The summed E-state index contributed by atoms with van der Waals surface area (Å²) in [6.07, 6.45) is 0. The Morgan fingerprint density at radius 3 is 2.33 bits per heavy atom. The van der Waals surface area contributed by atoms with Crippen LogP contribution in [0.1, 0.15) is 5.56 Å². The van der Waals surface area contributed by atoms with E-state index in [2.05, 4.69) is 4.98 Å². The zero-order valence-electron chi connectivity index (χ0n) is 10.9. The number of aromatic nitrogens is 1. The van der Waals surface area contributed by atoms with Crippen molar-refractivity contribution in [2.75, 3.05) is 0 Å². The number of pyridine rings is 1. The summed E-state index contributed by atoms with van der Waals surface area (Å²) in [7, 11) is 0. The van der Waals surface area contributed by atoms with E-state index in [1.54, 1.807) is 6.92 Å². The predicted octanol–water partition coefficient (Wildman–Crippen LogP) is 5.28. The van der Waals surface area contributed by atoms with E-state index in [9.17, 15) is 13.2 Å². The van der Waals surface area contributed by atoms with Gasteiger partial charge in [-0.1, -0.05) is 41.9 Å². The van der Waals surface area contributed by atoms with Crippen molar-refractivity contribution in [1.82, 2.24) is 4.98 Å². The van der Waals surface area contributed by atoms with Crippen molar-refractivity contribution in [2.24, 2.45) is 0 Å². The van der Waals surface area contributed by atoms with Crippen LogP contribution in [0.4, 0.5) is 13.2 Å². The molecule has 21 heavy (non-hydrogen) atoms. The minimum atomic E-state index is -1.54. The third-order valence-corrected chi connectivity index (χ3v) is 3.80. The highest BCUT2D eigenvalue weighted by atomic mass is 35.5. The normalized spacial score (nSPS) is 11.1. The number of hydrogen-bond acceptors (Lipinski definition) is 1. The Bertz CT molecular complexity index is 848. The van der Waals surface area contributed by atoms with E-state index in [-0.39, 0.29) is 15.9 Å². The number of benzene rings is 2. The standard InChI is InChI=1S/C16H9ClF3N/c1-8-13(17)12-11(7-10(18)14(19)15(12)20)21-16(8)9-5-3-2-4-6-9/h2-7H,1H3. The average Bonchev–Trinajstić information content (AvgIpc) is 2.49. The molecule has 106 valence electrons. The molecule has 1 aromatic heterocycles. The van der Waals surface area contributed by atoms with E-state index in [0.717, 1.165) is 11.6 Å². The van der Waals surface area contributed by atoms with E-state index in [1.807, 2.05) is 30.3 Å². The molecule has 0 saturated heterocycles. The summed E-state index contributed by atoms with van der Waals surface area (Å²) in [6, 6.07) is 9.96. The Kier molecular flexibility index (Phi) is 3.33.